The van der Waals surface area contributed by atoms with Gasteiger partial charge in [0.2, 0.25) is 0 Å². The minimum atomic E-state index is 0.139. The van der Waals surface area contributed by atoms with Gasteiger partial charge < -0.3 is 24.8 Å². The van der Waals surface area contributed by atoms with Crippen LogP contribution < -0.4 is 20.1 Å². The Balaban J connectivity index is 2.79. The molecule has 112 valence electrons. The van der Waals surface area contributed by atoms with Gasteiger partial charge in [-0.05, 0) is 37.7 Å². The van der Waals surface area contributed by atoms with Crippen LogP contribution in [0.5, 0.6) is 11.5 Å². The lowest BCUT2D eigenvalue weighted by molar-refractivity contribution is 0.179. The van der Waals surface area contributed by atoms with E-state index in [4.69, 9.17) is 26.4 Å². The van der Waals surface area contributed by atoms with E-state index in [0.717, 1.165) is 11.3 Å². The third-order valence-electron chi connectivity index (χ3n) is 2.77. The molecule has 0 spiro atoms. The first kappa shape index (κ1) is 16.5. The van der Waals surface area contributed by atoms with Crippen LogP contribution in [0, 0.1) is 6.92 Å². The quantitative estimate of drug-likeness (QED) is 0.786. The number of ether oxygens (including phenoxy) is 3. The molecule has 2 N–H and O–H groups in total. The van der Waals surface area contributed by atoms with E-state index in [2.05, 4.69) is 10.6 Å². The predicted octanol–water partition coefficient (Wildman–Crippen LogP) is 2.33. The number of hydrogen-bond acceptors (Lipinski definition) is 4. The van der Waals surface area contributed by atoms with Crippen molar-refractivity contribution in [3.63, 3.8) is 0 Å². The molecule has 0 radical (unpaired) electrons. The molecular formula is C14H22N2O3S. The van der Waals surface area contributed by atoms with E-state index in [0.29, 0.717) is 23.2 Å². The van der Waals surface area contributed by atoms with E-state index in [1.165, 1.54) is 0 Å². The van der Waals surface area contributed by atoms with Gasteiger partial charge in [-0.2, -0.15) is 0 Å². The second kappa shape index (κ2) is 7.91. The highest BCUT2D eigenvalue weighted by Crippen LogP contribution is 2.32. The molecular weight excluding hydrogens is 276 g/mol. The van der Waals surface area contributed by atoms with Gasteiger partial charge in [0.15, 0.2) is 16.6 Å². The second-order valence-electron chi connectivity index (χ2n) is 4.48. The van der Waals surface area contributed by atoms with Crippen molar-refractivity contribution in [2.75, 3.05) is 33.3 Å². The summed E-state index contributed by atoms with van der Waals surface area (Å²) in [6.07, 6.45) is 0. The molecule has 0 aliphatic heterocycles. The third kappa shape index (κ3) is 4.54. The van der Waals surface area contributed by atoms with E-state index < -0.39 is 0 Å². The SMILES string of the molecule is COCC(C)NC(=S)Nc1cc(OC)c(OC)cc1C. The number of nitrogens with one attached hydrogen (secondary N) is 2. The third-order valence-corrected chi connectivity index (χ3v) is 2.99. The molecule has 1 unspecified atom stereocenters. The summed E-state index contributed by atoms with van der Waals surface area (Å²) in [7, 11) is 4.88. The van der Waals surface area contributed by atoms with Crippen LogP contribution in [-0.4, -0.2) is 39.1 Å². The van der Waals surface area contributed by atoms with Crippen molar-refractivity contribution >= 4 is 23.0 Å². The highest BCUT2D eigenvalue weighted by atomic mass is 32.1. The van der Waals surface area contributed by atoms with E-state index >= 15 is 0 Å². The Labute approximate surface area is 125 Å². The minimum absolute atomic E-state index is 0.139. The zero-order valence-corrected chi connectivity index (χ0v) is 13.4. The van der Waals surface area contributed by atoms with E-state index in [-0.39, 0.29) is 6.04 Å². The zero-order valence-electron chi connectivity index (χ0n) is 12.6. The van der Waals surface area contributed by atoms with Gasteiger partial charge in [0, 0.05) is 24.9 Å². The van der Waals surface area contributed by atoms with Crippen molar-refractivity contribution in [1.29, 1.82) is 0 Å². The summed E-state index contributed by atoms with van der Waals surface area (Å²) < 4.78 is 15.6. The van der Waals surface area contributed by atoms with E-state index in [9.17, 15) is 0 Å². The lowest BCUT2D eigenvalue weighted by atomic mass is 10.1. The number of rotatable bonds is 6. The maximum Gasteiger partial charge on any atom is 0.171 e. The summed E-state index contributed by atoms with van der Waals surface area (Å²) in [6, 6.07) is 3.91. The first-order valence-electron chi connectivity index (χ1n) is 6.30. The summed E-state index contributed by atoms with van der Waals surface area (Å²) in [5.74, 6) is 1.36. The second-order valence-corrected chi connectivity index (χ2v) is 4.89. The fourth-order valence-electron chi connectivity index (χ4n) is 1.79. The van der Waals surface area contributed by atoms with Gasteiger partial charge in [0.1, 0.15) is 0 Å². The molecule has 1 aromatic carbocycles. The number of benzene rings is 1. The van der Waals surface area contributed by atoms with Crippen molar-refractivity contribution in [3.05, 3.63) is 17.7 Å². The van der Waals surface area contributed by atoms with Crippen molar-refractivity contribution in [3.8, 4) is 11.5 Å². The van der Waals surface area contributed by atoms with Crippen LogP contribution in [0.25, 0.3) is 0 Å². The molecule has 6 heteroatoms. The van der Waals surface area contributed by atoms with E-state index in [1.807, 2.05) is 26.0 Å². The lowest BCUT2D eigenvalue weighted by Gasteiger charge is -2.18. The van der Waals surface area contributed by atoms with Crippen LogP contribution in [0.3, 0.4) is 0 Å². The summed E-state index contributed by atoms with van der Waals surface area (Å²) >= 11 is 5.28. The Kier molecular flexibility index (Phi) is 6.54. The van der Waals surface area contributed by atoms with Crippen LogP contribution in [0.1, 0.15) is 12.5 Å². The molecule has 1 atom stereocenters. The molecule has 0 aliphatic carbocycles. The largest absolute Gasteiger partial charge is 0.493 e. The molecule has 1 aromatic rings. The number of anilines is 1. The monoisotopic (exact) mass is 298 g/mol. The number of methoxy groups -OCH3 is 3. The summed E-state index contributed by atoms with van der Waals surface area (Å²) in [4.78, 5) is 0. The van der Waals surface area contributed by atoms with Crippen molar-refractivity contribution in [2.45, 2.75) is 19.9 Å². The number of hydrogen-bond donors (Lipinski definition) is 2. The molecule has 0 heterocycles. The molecule has 5 nitrogen and oxygen atoms in total. The van der Waals surface area contributed by atoms with Crippen LogP contribution in [0.2, 0.25) is 0 Å². The van der Waals surface area contributed by atoms with Crippen LogP contribution in [-0.2, 0) is 4.74 Å². The molecule has 0 bridgehead atoms. The fourth-order valence-corrected chi connectivity index (χ4v) is 2.10. The van der Waals surface area contributed by atoms with E-state index in [1.54, 1.807) is 21.3 Å². The number of thiocarbonyl (C=S) groups is 1. The molecule has 1 rings (SSSR count). The van der Waals surface area contributed by atoms with Gasteiger partial charge in [-0.25, -0.2) is 0 Å². The zero-order chi connectivity index (χ0) is 15.1. The molecule has 0 saturated heterocycles. The molecule has 0 amide bonds. The minimum Gasteiger partial charge on any atom is -0.493 e. The predicted molar refractivity (Wildman–Crippen MR) is 85.0 cm³/mol. The summed E-state index contributed by atoms with van der Waals surface area (Å²) in [5, 5.41) is 6.85. The lowest BCUT2D eigenvalue weighted by Crippen LogP contribution is -2.38. The summed E-state index contributed by atoms with van der Waals surface area (Å²) in [5.41, 5.74) is 1.90. The highest BCUT2D eigenvalue weighted by Gasteiger charge is 2.10. The average Bonchev–Trinajstić information content (AvgIpc) is 2.40. The van der Waals surface area contributed by atoms with Gasteiger partial charge in [0.05, 0.1) is 20.8 Å². The standard InChI is InChI=1S/C14H22N2O3S/c1-9-6-12(18-4)13(19-5)7-11(9)16-14(20)15-10(2)8-17-3/h6-7,10H,8H2,1-5H3,(H2,15,16,20). The topological polar surface area (TPSA) is 51.8 Å². The summed E-state index contributed by atoms with van der Waals surface area (Å²) in [6.45, 7) is 4.57. The Morgan fingerprint density at radius 3 is 2.35 bits per heavy atom. The van der Waals surface area contributed by atoms with Crippen molar-refractivity contribution in [2.24, 2.45) is 0 Å². The Morgan fingerprint density at radius 1 is 1.20 bits per heavy atom. The molecule has 0 aromatic heterocycles. The maximum atomic E-state index is 5.28. The Hall–Kier alpha value is -1.53. The molecule has 0 saturated carbocycles. The number of aryl methyl sites for hydroxylation is 1. The van der Waals surface area contributed by atoms with Crippen molar-refractivity contribution in [1.82, 2.24) is 5.32 Å². The maximum absolute atomic E-state index is 5.28. The highest BCUT2D eigenvalue weighted by molar-refractivity contribution is 7.80. The normalized spacial score (nSPS) is 11.7. The smallest absolute Gasteiger partial charge is 0.171 e. The molecule has 20 heavy (non-hydrogen) atoms. The average molecular weight is 298 g/mol. The van der Waals surface area contributed by atoms with Crippen LogP contribution in [0.15, 0.2) is 12.1 Å². The van der Waals surface area contributed by atoms with Gasteiger partial charge in [-0.1, -0.05) is 0 Å². The molecule has 0 aliphatic rings. The van der Waals surface area contributed by atoms with Crippen LogP contribution in [0.4, 0.5) is 5.69 Å². The van der Waals surface area contributed by atoms with Gasteiger partial charge in [0.25, 0.3) is 0 Å². The molecule has 0 fully saturated rings. The van der Waals surface area contributed by atoms with Gasteiger partial charge in [-0.3, -0.25) is 0 Å². The fraction of sp³-hybridized carbons (Fsp3) is 0.500. The van der Waals surface area contributed by atoms with Crippen molar-refractivity contribution < 1.29 is 14.2 Å². The van der Waals surface area contributed by atoms with Gasteiger partial charge >= 0.3 is 0 Å². The first-order valence-corrected chi connectivity index (χ1v) is 6.71. The Morgan fingerprint density at radius 2 is 1.80 bits per heavy atom. The van der Waals surface area contributed by atoms with Crippen LogP contribution >= 0.6 is 12.2 Å². The first-order chi connectivity index (χ1) is 9.51. The van der Waals surface area contributed by atoms with Gasteiger partial charge in [-0.15, -0.1) is 0 Å². The Bertz CT molecular complexity index is 466.